The molecule has 5 aromatic rings. The van der Waals surface area contributed by atoms with Crippen LogP contribution in [0, 0.1) is 20.8 Å². The minimum atomic E-state index is -0.294. The third-order valence-corrected chi connectivity index (χ3v) is 5.76. The van der Waals surface area contributed by atoms with Crippen LogP contribution in [-0.4, -0.2) is 0 Å². The van der Waals surface area contributed by atoms with Crippen LogP contribution in [-0.2, 0) is 0 Å². The molecule has 0 aliphatic carbocycles. The van der Waals surface area contributed by atoms with E-state index >= 15 is 0 Å². The molecule has 0 amide bonds. The van der Waals surface area contributed by atoms with Crippen molar-refractivity contribution in [3.8, 4) is 22.3 Å². The Balaban J connectivity index is 1.71. The van der Waals surface area contributed by atoms with E-state index in [4.69, 9.17) is 8.83 Å². The summed E-state index contributed by atoms with van der Waals surface area (Å²) in [7, 11) is 0. The van der Waals surface area contributed by atoms with Gasteiger partial charge in [-0.2, -0.15) is 0 Å². The lowest BCUT2D eigenvalue weighted by atomic mass is 9.96. The molecule has 3 nitrogen and oxygen atoms in total. The van der Waals surface area contributed by atoms with Crippen molar-refractivity contribution in [2.24, 2.45) is 0 Å². The Morgan fingerprint density at radius 2 is 1.38 bits per heavy atom. The molecule has 0 bridgehead atoms. The van der Waals surface area contributed by atoms with Crippen molar-refractivity contribution in [1.82, 2.24) is 0 Å². The lowest BCUT2D eigenvalue weighted by molar-refractivity contribution is 0.552. The Morgan fingerprint density at radius 3 is 2.10 bits per heavy atom. The normalized spacial score (nSPS) is 11.4. The Morgan fingerprint density at radius 1 is 0.724 bits per heavy atom. The number of fused-ring (bicyclic) bond motifs is 3. The second-order valence-corrected chi connectivity index (χ2v) is 7.50. The van der Waals surface area contributed by atoms with Crippen molar-refractivity contribution >= 4 is 21.9 Å². The zero-order valence-corrected chi connectivity index (χ0v) is 16.6. The van der Waals surface area contributed by atoms with E-state index in [0.29, 0.717) is 11.1 Å². The fourth-order valence-corrected chi connectivity index (χ4v) is 4.02. The van der Waals surface area contributed by atoms with Gasteiger partial charge in [-0.25, -0.2) is 4.79 Å². The van der Waals surface area contributed by atoms with Crippen LogP contribution < -0.4 is 5.63 Å². The van der Waals surface area contributed by atoms with Gasteiger partial charge < -0.3 is 8.83 Å². The molecule has 0 radical (unpaired) electrons. The molecule has 0 saturated carbocycles. The third kappa shape index (κ3) is 2.70. The summed E-state index contributed by atoms with van der Waals surface area (Å²) in [6, 6.07) is 20.8. The van der Waals surface area contributed by atoms with Crippen LogP contribution in [0.25, 0.3) is 44.2 Å². The predicted molar refractivity (Wildman–Crippen MR) is 117 cm³/mol. The summed E-state index contributed by atoms with van der Waals surface area (Å²) < 4.78 is 11.6. The zero-order chi connectivity index (χ0) is 20.1. The lowest BCUT2D eigenvalue weighted by Crippen LogP contribution is -2.05. The number of benzene rings is 3. The average molecular weight is 380 g/mol. The van der Waals surface area contributed by atoms with Gasteiger partial charge in [-0.3, -0.25) is 0 Å². The third-order valence-electron chi connectivity index (χ3n) is 5.76. The highest BCUT2D eigenvalue weighted by Crippen LogP contribution is 2.39. The fraction of sp³-hybridized carbons (Fsp3) is 0.115. The molecular formula is C26H20O3. The molecular weight excluding hydrogens is 360 g/mol. The van der Waals surface area contributed by atoms with Gasteiger partial charge in [0, 0.05) is 16.5 Å². The van der Waals surface area contributed by atoms with Crippen molar-refractivity contribution in [3.63, 3.8) is 0 Å². The molecule has 0 unspecified atom stereocenters. The first-order valence-electron chi connectivity index (χ1n) is 9.65. The largest absolute Gasteiger partial charge is 0.463 e. The lowest BCUT2D eigenvalue weighted by Gasteiger charge is -2.08. The van der Waals surface area contributed by atoms with E-state index in [1.165, 1.54) is 11.1 Å². The van der Waals surface area contributed by atoms with Crippen LogP contribution in [0.2, 0.25) is 0 Å². The van der Waals surface area contributed by atoms with Gasteiger partial charge in [0.05, 0.1) is 11.6 Å². The quantitative estimate of drug-likeness (QED) is 0.316. The SMILES string of the molecule is Cc1c(C)c2c(cc(C)c3c(-c4ccc(-c5ccccc5)cc4)coc32)oc1=O. The summed E-state index contributed by atoms with van der Waals surface area (Å²) in [5, 5.41) is 1.93. The van der Waals surface area contributed by atoms with Gasteiger partial charge in [-0.15, -0.1) is 0 Å². The van der Waals surface area contributed by atoms with E-state index in [1.54, 1.807) is 13.2 Å². The van der Waals surface area contributed by atoms with Crippen molar-refractivity contribution in [2.45, 2.75) is 20.8 Å². The van der Waals surface area contributed by atoms with Gasteiger partial charge in [0.2, 0.25) is 0 Å². The van der Waals surface area contributed by atoms with Gasteiger partial charge in [0.15, 0.2) is 0 Å². The number of furan rings is 1. The summed E-state index contributed by atoms with van der Waals surface area (Å²) in [6.45, 7) is 5.76. The molecule has 142 valence electrons. The van der Waals surface area contributed by atoms with Crippen LogP contribution in [0.15, 0.2) is 80.6 Å². The van der Waals surface area contributed by atoms with Crippen molar-refractivity contribution in [2.75, 3.05) is 0 Å². The molecule has 3 aromatic carbocycles. The van der Waals surface area contributed by atoms with Crippen LogP contribution in [0.3, 0.4) is 0 Å². The van der Waals surface area contributed by atoms with E-state index in [0.717, 1.165) is 38.6 Å². The van der Waals surface area contributed by atoms with E-state index < -0.39 is 0 Å². The fourth-order valence-electron chi connectivity index (χ4n) is 4.02. The molecule has 0 fully saturated rings. The van der Waals surface area contributed by atoms with Gasteiger partial charge in [-0.05, 0) is 54.7 Å². The van der Waals surface area contributed by atoms with Gasteiger partial charge >= 0.3 is 5.63 Å². The van der Waals surface area contributed by atoms with Crippen LogP contribution in [0.5, 0.6) is 0 Å². The minimum absolute atomic E-state index is 0.294. The molecule has 0 spiro atoms. The molecule has 29 heavy (non-hydrogen) atoms. The highest BCUT2D eigenvalue weighted by Gasteiger charge is 2.18. The molecule has 2 heterocycles. The predicted octanol–water partition coefficient (Wildman–Crippen LogP) is 6.80. The molecule has 0 N–H and O–H groups in total. The minimum Gasteiger partial charge on any atom is -0.463 e. The van der Waals surface area contributed by atoms with Gasteiger partial charge in [-0.1, -0.05) is 54.6 Å². The van der Waals surface area contributed by atoms with Crippen LogP contribution in [0.1, 0.15) is 16.7 Å². The molecule has 0 atom stereocenters. The number of hydrogen-bond acceptors (Lipinski definition) is 3. The maximum atomic E-state index is 12.1. The smallest absolute Gasteiger partial charge is 0.339 e. The van der Waals surface area contributed by atoms with E-state index in [9.17, 15) is 4.79 Å². The second kappa shape index (κ2) is 6.49. The molecule has 0 aliphatic heterocycles. The van der Waals surface area contributed by atoms with Crippen molar-refractivity contribution < 1.29 is 8.83 Å². The maximum Gasteiger partial charge on any atom is 0.339 e. The number of aryl methyl sites for hydroxylation is 2. The summed E-state index contributed by atoms with van der Waals surface area (Å²) >= 11 is 0. The summed E-state index contributed by atoms with van der Waals surface area (Å²) in [4.78, 5) is 12.1. The second-order valence-electron chi connectivity index (χ2n) is 7.50. The number of rotatable bonds is 2. The zero-order valence-electron chi connectivity index (χ0n) is 16.6. The van der Waals surface area contributed by atoms with E-state index in [1.807, 2.05) is 38.1 Å². The molecule has 0 aliphatic rings. The number of hydrogen-bond donors (Lipinski definition) is 0. The summed E-state index contributed by atoms with van der Waals surface area (Å²) in [5.74, 6) is 0. The van der Waals surface area contributed by atoms with Crippen molar-refractivity contribution in [1.29, 1.82) is 0 Å². The standard InChI is InChI=1S/C26H20O3/c1-15-13-22-24(16(2)17(3)26(27)29-22)25-23(15)21(14-28-25)20-11-9-19(10-12-20)18-7-5-4-6-8-18/h4-14H,1-3H3. The monoisotopic (exact) mass is 380 g/mol. The highest BCUT2D eigenvalue weighted by atomic mass is 16.4. The van der Waals surface area contributed by atoms with E-state index in [-0.39, 0.29) is 5.63 Å². The molecule has 5 rings (SSSR count). The first kappa shape index (κ1) is 17.5. The van der Waals surface area contributed by atoms with Crippen molar-refractivity contribution in [3.05, 3.63) is 94.0 Å². The highest BCUT2D eigenvalue weighted by molar-refractivity contribution is 6.11. The Bertz CT molecular complexity index is 1420. The summed E-state index contributed by atoms with van der Waals surface area (Å²) in [5.41, 5.74) is 8.10. The molecule has 0 saturated heterocycles. The van der Waals surface area contributed by atoms with E-state index in [2.05, 4.69) is 36.4 Å². The van der Waals surface area contributed by atoms with Crippen LogP contribution in [0.4, 0.5) is 0 Å². The van der Waals surface area contributed by atoms with Crippen LogP contribution >= 0.6 is 0 Å². The molecule has 2 aromatic heterocycles. The average Bonchev–Trinajstić information content (AvgIpc) is 3.18. The Hall–Kier alpha value is -3.59. The Kier molecular flexibility index (Phi) is 3.92. The Labute approximate surface area is 168 Å². The molecule has 3 heteroatoms. The topological polar surface area (TPSA) is 43.4 Å². The van der Waals surface area contributed by atoms with Gasteiger partial charge in [0.1, 0.15) is 11.2 Å². The van der Waals surface area contributed by atoms with Gasteiger partial charge in [0.25, 0.3) is 0 Å². The maximum absolute atomic E-state index is 12.1. The summed E-state index contributed by atoms with van der Waals surface area (Å²) in [6.07, 6.45) is 1.80. The first-order chi connectivity index (χ1) is 14.0. The first-order valence-corrected chi connectivity index (χ1v) is 9.65.